The monoisotopic (exact) mass is 311 g/mol. The zero-order valence-electron chi connectivity index (χ0n) is 13.6. The number of rotatable bonds is 5. The number of carbonyl (C=O) groups excluding carboxylic acids is 1. The number of amides is 1. The minimum absolute atomic E-state index is 0.0321. The van der Waals surface area contributed by atoms with Gasteiger partial charge in [-0.05, 0) is 43.7 Å². The summed E-state index contributed by atoms with van der Waals surface area (Å²) < 4.78 is 11.2. The molecular formula is C19H21NO3. The van der Waals surface area contributed by atoms with Crippen molar-refractivity contribution in [3.63, 3.8) is 0 Å². The number of likely N-dealkylation sites (tertiary alicyclic amines) is 1. The lowest BCUT2D eigenvalue weighted by molar-refractivity contribution is -0.167. The maximum atomic E-state index is 12.5. The number of hydrogen-bond donors (Lipinski definition) is 0. The molecule has 0 bridgehead atoms. The van der Waals surface area contributed by atoms with E-state index in [0.29, 0.717) is 5.75 Å². The molecule has 0 N–H and O–H groups in total. The summed E-state index contributed by atoms with van der Waals surface area (Å²) in [6.45, 7) is 4.04. The lowest BCUT2D eigenvalue weighted by Gasteiger charge is -2.49. The van der Waals surface area contributed by atoms with Gasteiger partial charge in [0.15, 0.2) is 0 Å². The number of ether oxygens (including phenoxy) is 2. The summed E-state index contributed by atoms with van der Waals surface area (Å²) in [4.78, 5) is 14.4. The van der Waals surface area contributed by atoms with Gasteiger partial charge >= 0.3 is 0 Å². The van der Waals surface area contributed by atoms with Crippen molar-refractivity contribution in [2.75, 3.05) is 7.11 Å². The Kier molecular flexibility index (Phi) is 4.24. The van der Waals surface area contributed by atoms with Crippen LogP contribution in [0.5, 0.6) is 11.5 Å². The molecule has 23 heavy (non-hydrogen) atoms. The maximum absolute atomic E-state index is 12.5. The largest absolute Gasteiger partial charge is 0.497 e. The summed E-state index contributed by atoms with van der Waals surface area (Å²) in [5, 5.41) is 0. The van der Waals surface area contributed by atoms with Crippen LogP contribution in [0, 0.1) is 0 Å². The third-order valence-electron chi connectivity index (χ3n) is 4.10. The van der Waals surface area contributed by atoms with E-state index in [-0.39, 0.29) is 18.0 Å². The number of β-lactam (4-membered cyclic amide) rings is 1. The molecule has 0 spiro atoms. The second-order valence-electron chi connectivity index (χ2n) is 5.91. The fourth-order valence-electron chi connectivity index (χ4n) is 2.96. The number of nitrogens with zero attached hydrogens (tertiary/aromatic N) is 1. The lowest BCUT2D eigenvalue weighted by Crippen LogP contribution is -2.63. The van der Waals surface area contributed by atoms with Gasteiger partial charge in [-0.1, -0.05) is 30.3 Å². The van der Waals surface area contributed by atoms with Gasteiger partial charge in [0.25, 0.3) is 5.91 Å². The first-order valence-electron chi connectivity index (χ1n) is 7.79. The van der Waals surface area contributed by atoms with Gasteiger partial charge in [-0.15, -0.1) is 0 Å². The molecular weight excluding hydrogens is 290 g/mol. The lowest BCUT2D eigenvalue weighted by atomic mass is 9.89. The van der Waals surface area contributed by atoms with Crippen LogP contribution in [-0.2, 0) is 4.79 Å². The van der Waals surface area contributed by atoms with Gasteiger partial charge in [-0.3, -0.25) is 4.79 Å². The third-order valence-corrected chi connectivity index (χ3v) is 4.10. The fourth-order valence-corrected chi connectivity index (χ4v) is 2.96. The topological polar surface area (TPSA) is 38.8 Å². The SMILES string of the molecule is COc1ccc([C@H]2[C@H](Oc3ccccc3)C(=O)N2C(C)C)cc1. The van der Waals surface area contributed by atoms with Crippen LogP contribution in [0.4, 0.5) is 0 Å². The summed E-state index contributed by atoms with van der Waals surface area (Å²) in [6, 6.07) is 17.3. The molecule has 2 atom stereocenters. The fraction of sp³-hybridized carbons (Fsp3) is 0.316. The minimum Gasteiger partial charge on any atom is -0.497 e. The first kappa shape index (κ1) is 15.4. The van der Waals surface area contributed by atoms with Crippen molar-refractivity contribution in [2.24, 2.45) is 0 Å². The normalized spacial score (nSPS) is 20.3. The van der Waals surface area contributed by atoms with Gasteiger partial charge in [0.05, 0.1) is 7.11 Å². The average molecular weight is 311 g/mol. The molecule has 0 unspecified atom stereocenters. The van der Waals surface area contributed by atoms with Crippen molar-refractivity contribution in [1.29, 1.82) is 0 Å². The second kappa shape index (κ2) is 6.32. The highest BCUT2D eigenvalue weighted by molar-refractivity contribution is 5.89. The van der Waals surface area contributed by atoms with Crippen molar-refractivity contribution in [3.8, 4) is 11.5 Å². The van der Waals surface area contributed by atoms with E-state index < -0.39 is 6.10 Å². The van der Waals surface area contributed by atoms with Crippen molar-refractivity contribution in [2.45, 2.75) is 32.0 Å². The van der Waals surface area contributed by atoms with Crippen LogP contribution in [-0.4, -0.2) is 30.1 Å². The zero-order chi connectivity index (χ0) is 16.4. The van der Waals surface area contributed by atoms with Crippen molar-refractivity contribution >= 4 is 5.91 Å². The summed E-state index contributed by atoms with van der Waals surface area (Å²) in [5.74, 6) is 1.55. The Bertz CT molecular complexity index is 667. The Hall–Kier alpha value is -2.49. The van der Waals surface area contributed by atoms with E-state index in [4.69, 9.17) is 9.47 Å². The summed E-state index contributed by atoms with van der Waals surface area (Å²) in [6.07, 6.45) is -0.479. The maximum Gasteiger partial charge on any atom is 0.267 e. The van der Waals surface area contributed by atoms with Crippen LogP contribution < -0.4 is 9.47 Å². The molecule has 0 radical (unpaired) electrons. The molecule has 1 aliphatic heterocycles. The van der Waals surface area contributed by atoms with E-state index in [9.17, 15) is 4.79 Å². The number of methoxy groups -OCH3 is 1. The van der Waals surface area contributed by atoms with E-state index in [1.54, 1.807) is 7.11 Å². The first-order valence-corrected chi connectivity index (χ1v) is 7.79. The number of benzene rings is 2. The van der Waals surface area contributed by atoms with Gasteiger partial charge in [-0.2, -0.15) is 0 Å². The molecule has 2 aromatic rings. The van der Waals surface area contributed by atoms with Crippen LogP contribution in [0.15, 0.2) is 54.6 Å². The van der Waals surface area contributed by atoms with Gasteiger partial charge in [0.2, 0.25) is 6.10 Å². The van der Waals surface area contributed by atoms with E-state index in [1.165, 1.54) is 0 Å². The van der Waals surface area contributed by atoms with E-state index in [1.807, 2.05) is 73.3 Å². The number of hydrogen-bond acceptors (Lipinski definition) is 3. The molecule has 4 nitrogen and oxygen atoms in total. The first-order chi connectivity index (χ1) is 11.1. The third kappa shape index (κ3) is 2.89. The Labute approximate surface area is 136 Å². The molecule has 2 aromatic carbocycles. The molecule has 0 aromatic heterocycles. The molecule has 0 saturated carbocycles. The molecule has 1 heterocycles. The van der Waals surface area contributed by atoms with Crippen molar-refractivity contribution < 1.29 is 14.3 Å². The van der Waals surface area contributed by atoms with Crippen molar-refractivity contribution in [1.82, 2.24) is 4.90 Å². The predicted molar refractivity (Wildman–Crippen MR) is 88.6 cm³/mol. The van der Waals surface area contributed by atoms with Gasteiger partial charge in [0, 0.05) is 6.04 Å². The van der Waals surface area contributed by atoms with Gasteiger partial charge < -0.3 is 14.4 Å². The standard InChI is InChI=1S/C19H21NO3/c1-13(2)20-17(14-9-11-15(22-3)12-10-14)18(19(20)21)23-16-7-5-4-6-8-16/h4-13,17-18H,1-3H3/t17-,18-/m0/s1. The van der Waals surface area contributed by atoms with Crippen LogP contribution in [0.3, 0.4) is 0 Å². The molecule has 1 saturated heterocycles. The smallest absolute Gasteiger partial charge is 0.267 e. The second-order valence-corrected chi connectivity index (χ2v) is 5.91. The Morgan fingerprint density at radius 3 is 2.17 bits per heavy atom. The highest BCUT2D eigenvalue weighted by Crippen LogP contribution is 2.39. The van der Waals surface area contributed by atoms with Crippen molar-refractivity contribution in [3.05, 3.63) is 60.2 Å². The Morgan fingerprint density at radius 1 is 0.957 bits per heavy atom. The van der Waals surface area contributed by atoms with E-state index in [0.717, 1.165) is 11.3 Å². The zero-order valence-corrected chi connectivity index (χ0v) is 13.6. The van der Waals surface area contributed by atoms with Gasteiger partial charge in [0.1, 0.15) is 17.5 Å². The molecule has 0 aliphatic carbocycles. The summed E-state index contributed by atoms with van der Waals surface area (Å²) in [7, 11) is 1.64. The van der Waals surface area contributed by atoms with Crippen LogP contribution in [0.1, 0.15) is 25.5 Å². The quantitative estimate of drug-likeness (QED) is 0.794. The molecule has 1 aliphatic rings. The van der Waals surface area contributed by atoms with Crippen LogP contribution in [0.2, 0.25) is 0 Å². The van der Waals surface area contributed by atoms with Crippen LogP contribution >= 0.6 is 0 Å². The molecule has 3 rings (SSSR count). The molecule has 4 heteroatoms. The molecule has 1 fully saturated rings. The molecule has 1 amide bonds. The van der Waals surface area contributed by atoms with E-state index in [2.05, 4.69) is 0 Å². The predicted octanol–water partition coefficient (Wildman–Crippen LogP) is 3.43. The molecule has 120 valence electrons. The Balaban J connectivity index is 1.86. The highest BCUT2D eigenvalue weighted by atomic mass is 16.5. The average Bonchev–Trinajstić information content (AvgIpc) is 2.58. The number of carbonyl (C=O) groups is 1. The summed E-state index contributed by atoms with van der Waals surface area (Å²) >= 11 is 0. The van der Waals surface area contributed by atoms with Crippen LogP contribution in [0.25, 0.3) is 0 Å². The minimum atomic E-state index is -0.479. The highest BCUT2D eigenvalue weighted by Gasteiger charge is 2.51. The Morgan fingerprint density at radius 2 is 1.61 bits per heavy atom. The summed E-state index contributed by atoms with van der Waals surface area (Å²) in [5.41, 5.74) is 1.06. The van der Waals surface area contributed by atoms with E-state index >= 15 is 0 Å². The van der Waals surface area contributed by atoms with Gasteiger partial charge in [-0.25, -0.2) is 0 Å². The number of para-hydroxylation sites is 1.